The first-order chi connectivity index (χ1) is 7.86. The van der Waals surface area contributed by atoms with Crippen LogP contribution in [-0.4, -0.2) is 28.1 Å². The van der Waals surface area contributed by atoms with Gasteiger partial charge in [0.2, 0.25) is 10.0 Å². The molecule has 0 saturated carbocycles. The van der Waals surface area contributed by atoms with Gasteiger partial charge in [-0.15, -0.1) is 12.4 Å². The summed E-state index contributed by atoms with van der Waals surface area (Å²) in [6, 6.07) is 3.77. The van der Waals surface area contributed by atoms with Crippen molar-refractivity contribution in [2.24, 2.45) is 0 Å². The highest BCUT2D eigenvalue weighted by molar-refractivity contribution is 9.10. The Morgan fingerprint density at radius 1 is 1.44 bits per heavy atom. The molecule has 1 aromatic rings. The first-order valence-electron chi connectivity index (χ1n) is 4.99. The minimum Gasteiger partial charge on any atom is -0.316 e. The Morgan fingerprint density at radius 2 is 2.06 bits per heavy atom. The molecule has 8 heteroatoms. The lowest BCUT2D eigenvalue weighted by molar-refractivity contribution is 0.540. The fourth-order valence-corrected chi connectivity index (χ4v) is 2.84. The Bertz CT molecular complexity index is 499. The van der Waals surface area contributed by atoms with E-state index in [1.165, 1.54) is 12.1 Å². The Kier molecular flexibility index (Phi) is 7.31. The van der Waals surface area contributed by atoms with Crippen molar-refractivity contribution in [2.75, 3.05) is 13.6 Å². The molecule has 0 aliphatic rings. The SMILES string of the molecule is CNC(C)CNS(=O)(=O)c1cc(Br)ccc1F.Cl. The lowest BCUT2D eigenvalue weighted by Gasteiger charge is -2.12. The van der Waals surface area contributed by atoms with Crippen molar-refractivity contribution in [1.29, 1.82) is 0 Å². The van der Waals surface area contributed by atoms with Gasteiger partial charge in [0.25, 0.3) is 0 Å². The van der Waals surface area contributed by atoms with Crippen LogP contribution < -0.4 is 10.0 Å². The maximum Gasteiger partial charge on any atom is 0.243 e. The van der Waals surface area contributed by atoms with Gasteiger partial charge in [0.05, 0.1) is 0 Å². The highest BCUT2D eigenvalue weighted by Gasteiger charge is 2.19. The molecule has 1 aromatic carbocycles. The molecule has 0 aliphatic carbocycles. The Labute approximate surface area is 121 Å². The zero-order valence-corrected chi connectivity index (χ0v) is 13.1. The summed E-state index contributed by atoms with van der Waals surface area (Å²) in [6.45, 7) is 2.02. The quantitative estimate of drug-likeness (QED) is 0.842. The van der Waals surface area contributed by atoms with Crippen LogP contribution >= 0.6 is 28.3 Å². The van der Waals surface area contributed by atoms with E-state index in [4.69, 9.17) is 0 Å². The summed E-state index contributed by atoms with van der Waals surface area (Å²) in [5, 5.41) is 2.89. The van der Waals surface area contributed by atoms with Crippen LogP contribution in [0.25, 0.3) is 0 Å². The van der Waals surface area contributed by atoms with Crippen LogP contribution in [-0.2, 0) is 10.0 Å². The molecule has 104 valence electrons. The summed E-state index contributed by atoms with van der Waals surface area (Å²) in [4.78, 5) is -0.352. The number of sulfonamides is 1. The zero-order chi connectivity index (χ0) is 13.1. The number of halogens is 3. The lowest BCUT2D eigenvalue weighted by Crippen LogP contribution is -2.37. The largest absolute Gasteiger partial charge is 0.316 e. The number of benzene rings is 1. The lowest BCUT2D eigenvalue weighted by atomic mass is 10.3. The van der Waals surface area contributed by atoms with Crippen molar-refractivity contribution in [3.63, 3.8) is 0 Å². The van der Waals surface area contributed by atoms with Crippen molar-refractivity contribution in [3.8, 4) is 0 Å². The van der Waals surface area contributed by atoms with E-state index in [0.717, 1.165) is 6.07 Å². The molecule has 1 rings (SSSR count). The van der Waals surface area contributed by atoms with Crippen molar-refractivity contribution in [1.82, 2.24) is 10.0 Å². The monoisotopic (exact) mass is 360 g/mol. The Morgan fingerprint density at radius 3 is 2.61 bits per heavy atom. The standard InChI is InChI=1S/C10H14BrFN2O2S.ClH/c1-7(13-2)6-14-17(15,16)10-5-8(11)3-4-9(10)12;/h3-5,7,13-14H,6H2,1-2H3;1H. The van der Waals surface area contributed by atoms with Crippen LogP contribution in [0.3, 0.4) is 0 Å². The number of likely N-dealkylation sites (N-methyl/N-ethyl adjacent to an activating group) is 1. The normalized spacial score (nSPS) is 12.9. The van der Waals surface area contributed by atoms with Gasteiger partial charge in [-0.25, -0.2) is 17.5 Å². The minimum atomic E-state index is -3.81. The molecule has 1 unspecified atom stereocenters. The second-order valence-electron chi connectivity index (χ2n) is 3.62. The predicted octanol–water partition coefficient (Wildman–Crippen LogP) is 1.90. The molecule has 4 nitrogen and oxygen atoms in total. The van der Waals surface area contributed by atoms with E-state index in [1.54, 1.807) is 7.05 Å². The molecule has 18 heavy (non-hydrogen) atoms. The summed E-state index contributed by atoms with van der Waals surface area (Å²) < 4.78 is 39.9. The second-order valence-corrected chi connectivity index (χ2v) is 6.27. The van der Waals surface area contributed by atoms with Gasteiger partial charge in [-0.2, -0.15) is 0 Å². The van der Waals surface area contributed by atoms with Gasteiger partial charge in [0.15, 0.2) is 0 Å². The van der Waals surface area contributed by atoms with Crippen molar-refractivity contribution >= 4 is 38.4 Å². The van der Waals surface area contributed by atoms with Crippen LogP contribution in [0.2, 0.25) is 0 Å². The van der Waals surface area contributed by atoms with Crippen LogP contribution in [0, 0.1) is 5.82 Å². The van der Waals surface area contributed by atoms with Gasteiger partial charge < -0.3 is 5.32 Å². The third-order valence-corrected chi connectivity index (χ3v) is 4.19. The Balaban J connectivity index is 0.00000289. The van der Waals surface area contributed by atoms with Crippen molar-refractivity contribution in [2.45, 2.75) is 17.9 Å². The molecule has 0 fully saturated rings. The highest BCUT2D eigenvalue weighted by Crippen LogP contribution is 2.19. The predicted molar refractivity (Wildman–Crippen MR) is 75.1 cm³/mol. The summed E-state index contributed by atoms with van der Waals surface area (Å²) in [6.07, 6.45) is 0. The van der Waals surface area contributed by atoms with Gasteiger partial charge in [0.1, 0.15) is 10.7 Å². The fraction of sp³-hybridized carbons (Fsp3) is 0.400. The van der Waals surface area contributed by atoms with Crippen LogP contribution in [0.4, 0.5) is 4.39 Å². The Hall–Kier alpha value is -0.210. The zero-order valence-electron chi connectivity index (χ0n) is 9.91. The smallest absolute Gasteiger partial charge is 0.243 e. The van der Waals surface area contributed by atoms with E-state index >= 15 is 0 Å². The van der Waals surface area contributed by atoms with Crippen LogP contribution in [0.5, 0.6) is 0 Å². The molecule has 0 heterocycles. The number of nitrogens with one attached hydrogen (secondary N) is 2. The van der Waals surface area contributed by atoms with E-state index in [9.17, 15) is 12.8 Å². The van der Waals surface area contributed by atoms with E-state index < -0.39 is 15.8 Å². The minimum absolute atomic E-state index is 0. The highest BCUT2D eigenvalue weighted by atomic mass is 79.9. The molecule has 2 N–H and O–H groups in total. The molecule has 0 spiro atoms. The number of hydrogen-bond acceptors (Lipinski definition) is 3. The molecule has 0 amide bonds. The van der Waals surface area contributed by atoms with Crippen molar-refractivity contribution < 1.29 is 12.8 Å². The molecular formula is C10H15BrClFN2O2S. The molecule has 0 radical (unpaired) electrons. The van der Waals surface area contributed by atoms with E-state index in [2.05, 4.69) is 26.0 Å². The fourth-order valence-electron chi connectivity index (χ4n) is 1.10. The maximum atomic E-state index is 13.4. The molecule has 0 saturated heterocycles. The van der Waals surface area contributed by atoms with Crippen molar-refractivity contribution in [3.05, 3.63) is 28.5 Å². The average molecular weight is 362 g/mol. The summed E-state index contributed by atoms with van der Waals surface area (Å²) in [7, 11) is -2.09. The van der Waals surface area contributed by atoms with Crippen LogP contribution in [0.1, 0.15) is 6.92 Å². The third-order valence-electron chi connectivity index (χ3n) is 2.26. The second kappa shape index (κ2) is 7.40. The summed E-state index contributed by atoms with van der Waals surface area (Å²) >= 11 is 3.11. The van der Waals surface area contributed by atoms with Gasteiger partial charge >= 0.3 is 0 Å². The van der Waals surface area contributed by atoms with Gasteiger partial charge in [-0.3, -0.25) is 0 Å². The number of rotatable bonds is 5. The van der Waals surface area contributed by atoms with E-state index in [-0.39, 0.29) is 29.9 Å². The first-order valence-corrected chi connectivity index (χ1v) is 7.26. The summed E-state index contributed by atoms with van der Waals surface area (Å²) in [5.41, 5.74) is 0. The van der Waals surface area contributed by atoms with E-state index in [1.807, 2.05) is 6.92 Å². The average Bonchev–Trinajstić information content (AvgIpc) is 2.29. The number of hydrogen-bond donors (Lipinski definition) is 2. The molecule has 0 aromatic heterocycles. The third kappa shape index (κ3) is 4.81. The topological polar surface area (TPSA) is 58.2 Å². The first kappa shape index (κ1) is 17.8. The van der Waals surface area contributed by atoms with E-state index in [0.29, 0.717) is 4.47 Å². The van der Waals surface area contributed by atoms with Crippen LogP contribution in [0.15, 0.2) is 27.6 Å². The molecule has 0 bridgehead atoms. The molecular weight excluding hydrogens is 347 g/mol. The molecule has 1 atom stereocenters. The summed E-state index contributed by atoms with van der Waals surface area (Å²) in [5.74, 6) is -0.766. The van der Waals surface area contributed by atoms with Gasteiger partial charge in [0, 0.05) is 17.1 Å². The maximum absolute atomic E-state index is 13.4. The van der Waals surface area contributed by atoms with Gasteiger partial charge in [-0.1, -0.05) is 15.9 Å². The molecule has 0 aliphatic heterocycles. The van der Waals surface area contributed by atoms with Gasteiger partial charge in [-0.05, 0) is 32.2 Å².